The number of fused-ring (bicyclic) bond motifs is 1. The van der Waals surface area contributed by atoms with Crippen molar-refractivity contribution in [2.45, 2.75) is 9.92 Å². The van der Waals surface area contributed by atoms with Gasteiger partial charge in [-0.2, -0.15) is 0 Å². The second-order valence-electron chi connectivity index (χ2n) is 3.99. The van der Waals surface area contributed by atoms with Gasteiger partial charge >= 0.3 is 0 Å². The Bertz CT molecular complexity index is 803. The summed E-state index contributed by atoms with van der Waals surface area (Å²) in [5.74, 6) is 5.71. The van der Waals surface area contributed by atoms with Crippen LogP contribution in [0.1, 0.15) is 0 Å². The molecule has 0 bridgehead atoms. The summed E-state index contributed by atoms with van der Waals surface area (Å²) in [7, 11) is 0. The summed E-state index contributed by atoms with van der Waals surface area (Å²) in [5.41, 5.74) is 2.50. The smallest absolute Gasteiger partial charge is 0.269 e. The van der Waals surface area contributed by atoms with E-state index >= 15 is 0 Å². The van der Waals surface area contributed by atoms with Gasteiger partial charge in [0.25, 0.3) is 5.69 Å². The van der Waals surface area contributed by atoms with Crippen LogP contribution in [-0.4, -0.2) is 14.9 Å². The molecule has 2 aromatic heterocycles. The molecule has 9 heteroatoms. The van der Waals surface area contributed by atoms with Crippen LogP contribution in [0.25, 0.3) is 10.2 Å². The molecule has 3 N–H and O–H groups in total. The lowest BCUT2D eigenvalue weighted by molar-refractivity contribution is -0.384. The number of hydrogen-bond donors (Lipinski definition) is 2. The quantitative estimate of drug-likeness (QED) is 0.329. The predicted octanol–water partition coefficient (Wildman–Crippen LogP) is 3.04. The van der Waals surface area contributed by atoms with Gasteiger partial charge in [-0.15, -0.1) is 11.3 Å². The topological polar surface area (TPSA) is 107 Å². The molecule has 0 spiro atoms. The Morgan fingerprint density at radius 1 is 1.24 bits per heavy atom. The van der Waals surface area contributed by atoms with E-state index in [0.29, 0.717) is 5.95 Å². The van der Waals surface area contributed by atoms with Gasteiger partial charge in [0, 0.05) is 22.4 Å². The van der Waals surface area contributed by atoms with Crippen LogP contribution >= 0.6 is 23.1 Å². The number of nitrogens with zero attached hydrogens (tertiary/aromatic N) is 3. The lowest BCUT2D eigenvalue weighted by Gasteiger charge is -2.05. The number of nitro groups is 1. The normalized spacial score (nSPS) is 10.7. The van der Waals surface area contributed by atoms with Gasteiger partial charge in [0.05, 0.1) is 4.92 Å². The summed E-state index contributed by atoms with van der Waals surface area (Å²) in [6.07, 6.45) is 0. The minimum Gasteiger partial charge on any atom is -0.292 e. The first-order valence-electron chi connectivity index (χ1n) is 5.81. The first kappa shape index (κ1) is 13.7. The van der Waals surface area contributed by atoms with Crippen LogP contribution in [0.2, 0.25) is 0 Å². The molecular weight excluding hydrogens is 310 g/mol. The average Bonchev–Trinajstić information content (AvgIpc) is 2.96. The zero-order chi connectivity index (χ0) is 14.8. The van der Waals surface area contributed by atoms with Crippen LogP contribution < -0.4 is 11.3 Å². The highest BCUT2D eigenvalue weighted by atomic mass is 32.2. The number of nitro benzene ring substituents is 1. The van der Waals surface area contributed by atoms with Crippen molar-refractivity contribution in [1.82, 2.24) is 9.97 Å². The molecule has 21 heavy (non-hydrogen) atoms. The Balaban J connectivity index is 1.97. The number of hydrazine groups is 1. The van der Waals surface area contributed by atoms with E-state index < -0.39 is 4.92 Å². The number of benzene rings is 1. The van der Waals surface area contributed by atoms with E-state index in [-0.39, 0.29) is 5.69 Å². The molecule has 0 atom stereocenters. The number of rotatable bonds is 4. The molecule has 1 aromatic carbocycles. The number of non-ortho nitro benzene ring substituents is 1. The Morgan fingerprint density at radius 3 is 2.67 bits per heavy atom. The average molecular weight is 319 g/mol. The highest BCUT2D eigenvalue weighted by molar-refractivity contribution is 7.99. The minimum absolute atomic E-state index is 0.0621. The van der Waals surface area contributed by atoms with Gasteiger partial charge in [-0.05, 0) is 23.6 Å². The maximum Gasteiger partial charge on any atom is 0.269 e. The molecule has 0 amide bonds. The largest absolute Gasteiger partial charge is 0.292 e. The Kier molecular flexibility index (Phi) is 3.69. The van der Waals surface area contributed by atoms with E-state index in [1.54, 1.807) is 12.1 Å². The number of nitrogens with two attached hydrogens (primary N) is 1. The van der Waals surface area contributed by atoms with Crippen LogP contribution in [0.15, 0.2) is 45.6 Å². The third-order valence-electron chi connectivity index (χ3n) is 2.68. The number of anilines is 1. The second kappa shape index (κ2) is 5.64. The van der Waals surface area contributed by atoms with Crippen LogP contribution in [-0.2, 0) is 0 Å². The number of aromatic nitrogens is 2. The standard InChI is InChI=1S/C12H9N5O2S2/c13-16-12-14-10-9(5-6-20-10)11(15-12)21-8-3-1-7(2-4-8)17(18)19/h1-6H,13H2,(H,14,15,16). The summed E-state index contributed by atoms with van der Waals surface area (Å²) in [5, 5.41) is 14.3. The molecule has 3 rings (SSSR count). The van der Waals surface area contributed by atoms with E-state index in [9.17, 15) is 10.1 Å². The Labute approximate surface area is 127 Å². The third kappa shape index (κ3) is 2.79. The lowest BCUT2D eigenvalue weighted by Crippen LogP contribution is -2.10. The SMILES string of the molecule is NNc1nc(Sc2ccc([N+](=O)[O-])cc2)c2ccsc2n1. The number of nitrogens with one attached hydrogen (secondary N) is 1. The van der Waals surface area contributed by atoms with Crippen LogP contribution in [0.4, 0.5) is 11.6 Å². The monoisotopic (exact) mass is 319 g/mol. The van der Waals surface area contributed by atoms with Gasteiger partial charge in [-0.3, -0.25) is 15.5 Å². The van der Waals surface area contributed by atoms with Gasteiger partial charge in [-0.1, -0.05) is 11.8 Å². The van der Waals surface area contributed by atoms with Crippen molar-refractivity contribution in [3.63, 3.8) is 0 Å². The lowest BCUT2D eigenvalue weighted by atomic mass is 10.3. The molecular formula is C12H9N5O2S2. The molecule has 0 radical (unpaired) electrons. The maximum atomic E-state index is 10.7. The molecule has 0 aliphatic carbocycles. The van der Waals surface area contributed by atoms with E-state index in [4.69, 9.17) is 5.84 Å². The van der Waals surface area contributed by atoms with Crippen LogP contribution in [0, 0.1) is 10.1 Å². The molecule has 3 aromatic rings. The van der Waals surface area contributed by atoms with E-state index in [0.717, 1.165) is 20.1 Å². The second-order valence-corrected chi connectivity index (χ2v) is 5.95. The maximum absolute atomic E-state index is 10.7. The first-order valence-corrected chi connectivity index (χ1v) is 7.51. The molecule has 0 aliphatic rings. The Morgan fingerprint density at radius 2 is 2.00 bits per heavy atom. The summed E-state index contributed by atoms with van der Waals surface area (Å²) in [4.78, 5) is 20.5. The van der Waals surface area contributed by atoms with Gasteiger partial charge in [0.2, 0.25) is 5.95 Å². The number of nitrogen functional groups attached to an aromatic ring is 1. The molecule has 0 saturated heterocycles. The van der Waals surface area contributed by atoms with Gasteiger partial charge in [-0.25, -0.2) is 15.8 Å². The highest BCUT2D eigenvalue weighted by Crippen LogP contribution is 2.34. The third-order valence-corrected chi connectivity index (χ3v) is 4.50. The molecule has 0 saturated carbocycles. The Hall–Kier alpha value is -2.23. The predicted molar refractivity (Wildman–Crippen MR) is 82.4 cm³/mol. The van der Waals surface area contributed by atoms with Crippen molar-refractivity contribution in [2.75, 3.05) is 5.43 Å². The fraction of sp³-hybridized carbons (Fsp3) is 0. The van der Waals surface area contributed by atoms with E-state index in [1.807, 2.05) is 11.4 Å². The first-order chi connectivity index (χ1) is 10.2. The molecule has 7 nitrogen and oxygen atoms in total. The fourth-order valence-electron chi connectivity index (χ4n) is 1.72. The van der Waals surface area contributed by atoms with Gasteiger partial charge in [0.15, 0.2) is 0 Å². The minimum atomic E-state index is -0.424. The number of hydrogen-bond acceptors (Lipinski definition) is 8. The van der Waals surface area contributed by atoms with Crippen molar-refractivity contribution < 1.29 is 4.92 Å². The summed E-state index contributed by atoms with van der Waals surface area (Å²) < 4.78 is 0. The van der Waals surface area contributed by atoms with E-state index in [2.05, 4.69) is 15.4 Å². The van der Waals surface area contributed by atoms with Crippen molar-refractivity contribution >= 4 is 45.0 Å². The molecule has 0 aliphatic heterocycles. The van der Waals surface area contributed by atoms with Gasteiger partial charge in [0.1, 0.15) is 9.86 Å². The van der Waals surface area contributed by atoms with Crippen LogP contribution in [0.3, 0.4) is 0 Å². The van der Waals surface area contributed by atoms with Crippen molar-refractivity contribution in [1.29, 1.82) is 0 Å². The zero-order valence-corrected chi connectivity index (χ0v) is 12.1. The van der Waals surface area contributed by atoms with Crippen molar-refractivity contribution in [3.8, 4) is 0 Å². The van der Waals surface area contributed by atoms with Crippen molar-refractivity contribution in [2.24, 2.45) is 5.84 Å². The van der Waals surface area contributed by atoms with E-state index in [1.165, 1.54) is 35.2 Å². The zero-order valence-electron chi connectivity index (χ0n) is 10.5. The molecule has 2 heterocycles. The summed E-state index contributed by atoms with van der Waals surface area (Å²) in [6.45, 7) is 0. The highest BCUT2D eigenvalue weighted by Gasteiger charge is 2.11. The summed E-state index contributed by atoms with van der Waals surface area (Å²) >= 11 is 2.91. The molecule has 0 unspecified atom stereocenters. The number of thiophene rings is 1. The molecule has 0 fully saturated rings. The van der Waals surface area contributed by atoms with Crippen molar-refractivity contribution in [3.05, 3.63) is 45.8 Å². The van der Waals surface area contributed by atoms with Gasteiger partial charge < -0.3 is 0 Å². The fourth-order valence-corrected chi connectivity index (χ4v) is 3.45. The molecule has 106 valence electrons. The van der Waals surface area contributed by atoms with Crippen LogP contribution in [0.5, 0.6) is 0 Å². The summed E-state index contributed by atoms with van der Waals surface area (Å²) in [6, 6.07) is 8.26.